The molecule has 0 fully saturated rings. The van der Waals surface area contributed by atoms with Crippen LogP contribution < -0.4 is 0 Å². The lowest BCUT2D eigenvalue weighted by Crippen LogP contribution is -2.25. The summed E-state index contributed by atoms with van der Waals surface area (Å²) in [6.45, 7) is 6.22. The highest BCUT2D eigenvalue weighted by atomic mass is 35.5. The molecule has 0 aliphatic rings. The third-order valence-corrected chi connectivity index (χ3v) is 3.64. The third kappa shape index (κ3) is 4.77. The predicted molar refractivity (Wildman–Crippen MR) is 78.4 cm³/mol. The number of hydrogen-bond donors (Lipinski definition) is 1. The first-order chi connectivity index (χ1) is 8.41. The average Bonchev–Trinajstić information content (AvgIpc) is 2.29. The van der Waals surface area contributed by atoms with Crippen molar-refractivity contribution in [3.05, 3.63) is 33.8 Å². The Morgan fingerprint density at radius 1 is 1.28 bits per heavy atom. The van der Waals surface area contributed by atoms with Crippen LogP contribution in [-0.4, -0.2) is 30.1 Å². The van der Waals surface area contributed by atoms with E-state index in [0.717, 1.165) is 13.1 Å². The van der Waals surface area contributed by atoms with E-state index in [9.17, 15) is 5.11 Å². The quantitative estimate of drug-likeness (QED) is 0.856. The maximum Gasteiger partial charge on any atom is 0.0817 e. The molecule has 0 heterocycles. The van der Waals surface area contributed by atoms with Gasteiger partial charge in [-0.3, -0.25) is 0 Å². The first-order valence-electron chi connectivity index (χ1n) is 6.22. The van der Waals surface area contributed by atoms with E-state index in [4.69, 9.17) is 23.2 Å². The lowest BCUT2D eigenvalue weighted by atomic mass is 10.1. The highest BCUT2D eigenvalue weighted by Gasteiger charge is 2.14. The van der Waals surface area contributed by atoms with Crippen LogP contribution in [0.4, 0.5) is 0 Å². The van der Waals surface area contributed by atoms with Crippen LogP contribution in [0, 0.1) is 5.92 Å². The van der Waals surface area contributed by atoms with E-state index in [1.807, 2.05) is 12.1 Å². The fourth-order valence-corrected chi connectivity index (χ4v) is 2.42. The van der Waals surface area contributed by atoms with Gasteiger partial charge in [-0.25, -0.2) is 0 Å². The van der Waals surface area contributed by atoms with Crippen LogP contribution in [0.15, 0.2) is 18.2 Å². The topological polar surface area (TPSA) is 23.5 Å². The molecule has 1 N–H and O–H groups in total. The Balaban J connectivity index is 2.55. The molecule has 1 unspecified atom stereocenters. The van der Waals surface area contributed by atoms with Gasteiger partial charge in [0.05, 0.1) is 16.1 Å². The van der Waals surface area contributed by atoms with Crippen LogP contribution >= 0.6 is 23.2 Å². The van der Waals surface area contributed by atoms with Gasteiger partial charge in [0.2, 0.25) is 0 Å². The Morgan fingerprint density at radius 3 is 2.56 bits per heavy atom. The molecule has 1 rings (SSSR count). The number of hydrogen-bond acceptors (Lipinski definition) is 2. The van der Waals surface area contributed by atoms with Gasteiger partial charge in [-0.1, -0.05) is 49.2 Å². The summed E-state index contributed by atoms with van der Waals surface area (Å²) in [6, 6.07) is 5.36. The highest BCUT2D eigenvalue weighted by Crippen LogP contribution is 2.31. The number of halogens is 2. The smallest absolute Gasteiger partial charge is 0.0817 e. The minimum Gasteiger partial charge on any atom is -0.388 e. The SMILES string of the molecule is CC(C)CN(C)CCC(O)c1cccc(Cl)c1Cl. The molecular formula is C14H21Cl2NO. The van der Waals surface area contributed by atoms with E-state index in [-0.39, 0.29) is 0 Å². The Hall–Kier alpha value is -0.280. The van der Waals surface area contributed by atoms with Gasteiger partial charge < -0.3 is 10.0 Å². The van der Waals surface area contributed by atoms with E-state index in [0.29, 0.717) is 27.9 Å². The molecule has 1 aromatic carbocycles. The molecule has 0 aliphatic carbocycles. The summed E-state index contributed by atoms with van der Waals surface area (Å²) in [7, 11) is 2.06. The summed E-state index contributed by atoms with van der Waals surface area (Å²) in [4.78, 5) is 2.21. The number of rotatable bonds is 6. The zero-order chi connectivity index (χ0) is 13.7. The zero-order valence-electron chi connectivity index (χ0n) is 11.2. The molecule has 0 aromatic heterocycles. The van der Waals surface area contributed by atoms with E-state index in [2.05, 4.69) is 25.8 Å². The minimum atomic E-state index is -0.564. The average molecular weight is 290 g/mol. The summed E-state index contributed by atoms with van der Waals surface area (Å²) < 4.78 is 0. The van der Waals surface area contributed by atoms with Crippen molar-refractivity contribution in [1.29, 1.82) is 0 Å². The van der Waals surface area contributed by atoms with E-state index >= 15 is 0 Å². The fraction of sp³-hybridized carbons (Fsp3) is 0.571. The molecule has 0 bridgehead atoms. The predicted octanol–water partition coefficient (Wildman–Crippen LogP) is 4.00. The second-order valence-corrected chi connectivity index (χ2v) is 5.89. The number of aliphatic hydroxyl groups is 1. The van der Waals surface area contributed by atoms with Crippen molar-refractivity contribution < 1.29 is 5.11 Å². The number of nitrogens with zero attached hydrogens (tertiary/aromatic N) is 1. The van der Waals surface area contributed by atoms with Crippen LogP contribution in [-0.2, 0) is 0 Å². The molecule has 0 saturated carbocycles. The Bertz CT molecular complexity index is 382. The van der Waals surface area contributed by atoms with Crippen molar-refractivity contribution >= 4 is 23.2 Å². The van der Waals surface area contributed by atoms with Crippen molar-refractivity contribution in [2.45, 2.75) is 26.4 Å². The summed E-state index contributed by atoms with van der Waals surface area (Å²) in [5.41, 5.74) is 0.710. The van der Waals surface area contributed by atoms with Crippen LogP contribution in [0.2, 0.25) is 10.0 Å². The van der Waals surface area contributed by atoms with Gasteiger partial charge in [0.15, 0.2) is 0 Å². The molecule has 0 aliphatic heterocycles. The fourth-order valence-electron chi connectivity index (χ4n) is 1.99. The largest absolute Gasteiger partial charge is 0.388 e. The normalized spacial score (nSPS) is 13.3. The van der Waals surface area contributed by atoms with E-state index < -0.39 is 6.10 Å². The monoisotopic (exact) mass is 289 g/mol. The van der Waals surface area contributed by atoms with Crippen molar-refractivity contribution in [2.75, 3.05) is 20.1 Å². The van der Waals surface area contributed by atoms with Gasteiger partial charge in [0.25, 0.3) is 0 Å². The van der Waals surface area contributed by atoms with E-state index in [1.54, 1.807) is 6.07 Å². The van der Waals surface area contributed by atoms with Crippen LogP contribution in [0.1, 0.15) is 31.9 Å². The zero-order valence-corrected chi connectivity index (χ0v) is 12.7. The standard InChI is InChI=1S/C14H21Cl2NO/c1-10(2)9-17(3)8-7-13(18)11-5-4-6-12(15)14(11)16/h4-6,10,13,18H,7-9H2,1-3H3. The highest BCUT2D eigenvalue weighted by molar-refractivity contribution is 6.42. The lowest BCUT2D eigenvalue weighted by molar-refractivity contribution is 0.146. The second kappa shape index (κ2) is 7.34. The summed E-state index contributed by atoms with van der Waals surface area (Å²) in [5.74, 6) is 0.627. The van der Waals surface area contributed by atoms with Gasteiger partial charge in [0.1, 0.15) is 0 Å². The first-order valence-corrected chi connectivity index (χ1v) is 6.98. The molecule has 102 valence electrons. The molecule has 1 atom stereocenters. The second-order valence-electron chi connectivity index (χ2n) is 5.10. The maximum atomic E-state index is 10.1. The molecule has 0 saturated heterocycles. The van der Waals surface area contributed by atoms with Gasteiger partial charge in [-0.2, -0.15) is 0 Å². The molecule has 0 spiro atoms. The minimum absolute atomic E-state index is 0.457. The van der Waals surface area contributed by atoms with Gasteiger partial charge >= 0.3 is 0 Å². The Labute approximate surface area is 120 Å². The lowest BCUT2D eigenvalue weighted by Gasteiger charge is -2.21. The molecule has 1 aromatic rings. The summed E-state index contributed by atoms with van der Waals surface area (Å²) in [5, 5.41) is 11.1. The summed E-state index contributed by atoms with van der Waals surface area (Å²) >= 11 is 12.0. The van der Waals surface area contributed by atoms with Crippen molar-refractivity contribution in [3.8, 4) is 0 Å². The number of benzene rings is 1. The summed E-state index contributed by atoms with van der Waals surface area (Å²) in [6.07, 6.45) is 0.0920. The van der Waals surface area contributed by atoms with Crippen LogP contribution in [0.3, 0.4) is 0 Å². The number of aliphatic hydroxyl groups excluding tert-OH is 1. The van der Waals surface area contributed by atoms with Crippen LogP contribution in [0.25, 0.3) is 0 Å². The molecule has 0 radical (unpaired) electrons. The maximum absolute atomic E-state index is 10.1. The molecule has 2 nitrogen and oxygen atoms in total. The Morgan fingerprint density at radius 2 is 1.94 bits per heavy atom. The van der Waals surface area contributed by atoms with E-state index in [1.165, 1.54) is 0 Å². The molecule has 0 amide bonds. The van der Waals surface area contributed by atoms with Crippen LogP contribution in [0.5, 0.6) is 0 Å². The van der Waals surface area contributed by atoms with Crippen molar-refractivity contribution in [1.82, 2.24) is 4.90 Å². The third-order valence-electron chi connectivity index (χ3n) is 2.80. The Kier molecular flexibility index (Phi) is 6.44. The van der Waals surface area contributed by atoms with Gasteiger partial charge in [-0.05, 0) is 25.5 Å². The molecule has 18 heavy (non-hydrogen) atoms. The molecular weight excluding hydrogens is 269 g/mol. The van der Waals surface area contributed by atoms with Gasteiger partial charge in [-0.15, -0.1) is 0 Å². The van der Waals surface area contributed by atoms with Crippen molar-refractivity contribution in [2.24, 2.45) is 5.92 Å². The van der Waals surface area contributed by atoms with Crippen molar-refractivity contribution in [3.63, 3.8) is 0 Å². The van der Waals surface area contributed by atoms with Gasteiger partial charge in [0, 0.05) is 18.7 Å². The first kappa shape index (κ1) is 15.8. The molecule has 4 heteroatoms.